The number of methoxy groups -OCH3 is 1. The minimum absolute atomic E-state index is 0.0193. The van der Waals surface area contributed by atoms with E-state index in [9.17, 15) is 9.90 Å². The smallest absolute Gasteiger partial charge is 0.255 e. The number of nitrogens with zero attached hydrogens (tertiary/aromatic N) is 1. The third kappa shape index (κ3) is 4.11. The lowest BCUT2D eigenvalue weighted by molar-refractivity contribution is 0.0934. The van der Waals surface area contributed by atoms with Gasteiger partial charge >= 0.3 is 0 Å². The van der Waals surface area contributed by atoms with E-state index in [0.29, 0.717) is 18.2 Å². The van der Waals surface area contributed by atoms with Gasteiger partial charge in [-0.2, -0.15) is 0 Å². The van der Waals surface area contributed by atoms with Crippen LogP contribution in [0.5, 0.6) is 11.5 Å². The lowest BCUT2D eigenvalue weighted by Gasteiger charge is -2.31. The number of hydrogen-bond donors (Lipinski definition) is 2. The second kappa shape index (κ2) is 7.31. The summed E-state index contributed by atoms with van der Waals surface area (Å²) in [7, 11) is 1.54. The molecule has 21 heavy (non-hydrogen) atoms. The zero-order valence-electron chi connectivity index (χ0n) is 12.8. The highest BCUT2D eigenvalue weighted by Gasteiger charge is 2.19. The summed E-state index contributed by atoms with van der Waals surface area (Å²) in [5.41, 5.74) is 0.264. The Kier molecular flexibility index (Phi) is 5.44. The summed E-state index contributed by atoms with van der Waals surface area (Å²) in [4.78, 5) is 14.6. The average molecular weight is 292 g/mol. The van der Waals surface area contributed by atoms with E-state index in [-0.39, 0.29) is 17.2 Å². The van der Waals surface area contributed by atoms with Crippen LogP contribution in [0, 0.1) is 5.92 Å². The maximum atomic E-state index is 12.2. The molecule has 1 aliphatic heterocycles. The molecular weight excluding hydrogens is 268 g/mol. The number of hydrogen-bond acceptors (Lipinski definition) is 4. The molecule has 5 nitrogen and oxygen atoms in total. The Morgan fingerprint density at radius 3 is 2.76 bits per heavy atom. The first-order valence-corrected chi connectivity index (χ1v) is 7.51. The highest BCUT2D eigenvalue weighted by molar-refractivity contribution is 5.97. The van der Waals surface area contributed by atoms with E-state index in [4.69, 9.17) is 4.74 Å². The number of ether oxygens (including phenoxy) is 1. The minimum Gasteiger partial charge on any atom is -0.507 e. The Morgan fingerprint density at radius 1 is 1.43 bits per heavy atom. The van der Waals surface area contributed by atoms with Crippen molar-refractivity contribution in [1.29, 1.82) is 0 Å². The van der Waals surface area contributed by atoms with Crippen LogP contribution in [0.1, 0.15) is 30.1 Å². The summed E-state index contributed by atoms with van der Waals surface area (Å²) in [6, 6.07) is 4.67. The maximum absolute atomic E-state index is 12.2. The number of carbonyl (C=O) groups excluding carboxylic acids is 1. The van der Waals surface area contributed by atoms with Crippen molar-refractivity contribution in [2.24, 2.45) is 5.92 Å². The van der Waals surface area contributed by atoms with Gasteiger partial charge < -0.3 is 20.1 Å². The number of benzene rings is 1. The fourth-order valence-corrected chi connectivity index (χ4v) is 2.66. The molecular formula is C16H24N2O3. The first kappa shape index (κ1) is 15.6. The monoisotopic (exact) mass is 292 g/mol. The number of likely N-dealkylation sites (tertiary alicyclic amines) is 1. The lowest BCUT2D eigenvalue weighted by Crippen LogP contribution is -2.38. The van der Waals surface area contributed by atoms with Crippen molar-refractivity contribution in [3.63, 3.8) is 0 Å². The second-order valence-electron chi connectivity index (χ2n) is 5.47. The molecule has 0 radical (unpaired) electrons. The predicted octanol–water partition coefficient (Wildman–Crippen LogP) is 1.86. The van der Waals surface area contributed by atoms with Crippen LogP contribution < -0.4 is 10.1 Å². The van der Waals surface area contributed by atoms with Crippen molar-refractivity contribution in [2.75, 3.05) is 33.3 Å². The van der Waals surface area contributed by atoms with Crippen LogP contribution in [0.3, 0.4) is 0 Å². The van der Waals surface area contributed by atoms with Crippen molar-refractivity contribution >= 4 is 5.91 Å². The fourth-order valence-electron chi connectivity index (χ4n) is 2.66. The van der Waals surface area contributed by atoms with Crippen molar-refractivity contribution < 1.29 is 14.6 Å². The van der Waals surface area contributed by atoms with Gasteiger partial charge in [0.1, 0.15) is 11.5 Å². The Hall–Kier alpha value is -1.75. The van der Waals surface area contributed by atoms with E-state index in [1.807, 2.05) is 0 Å². The lowest BCUT2D eigenvalue weighted by atomic mass is 9.96. The Morgan fingerprint density at radius 2 is 2.14 bits per heavy atom. The normalized spacial score (nSPS) is 16.7. The summed E-state index contributed by atoms with van der Waals surface area (Å²) in [5, 5.41) is 12.7. The zero-order chi connectivity index (χ0) is 15.2. The SMILES string of the molecule is CCN1CCC(CNC(=O)c2cc(OC)ccc2O)CC1. The summed E-state index contributed by atoms with van der Waals surface area (Å²) in [6.07, 6.45) is 2.22. The Balaban J connectivity index is 1.87. The molecule has 1 amide bonds. The molecule has 5 heteroatoms. The van der Waals surface area contributed by atoms with Crippen LogP contribution in [0.25, 0.3) is 0 Å². The van der Waals surface area contributed by atoms with Gasteiger partial charge in [0, 0.05) is 6.54 Å². The van der Waals surface area contributed by atoms with Gasteiger partial charge in [-0.1, -0.05) is 6.92 Å². The minimum atomic E-state index is -0.246. The topological polar surface area (TPSA) is 61.8 Å². The van der Waals surface area contributed by atoms with Crippen molar-refractivity contribution in [3.05, 3.63) is 23.8 Å². The van der Waals surface area contributed by atoms with E-state index in [2.05, 4.69) is 17.1 Å². The van der Waals surface area contributed by atoms with Gasteiger partial charge in [0.2, 0.25) is 0 Å². The number of amides is 1. The number of nitrogens with one attached hydrogen (secondary N) is 1. The maximum Gasteiger partial charge on any atom is 0.255 e. The number of carbonyl (C=O) groups is 1. The molecule has 0 bridgehead atoms. The molecule has 1 aromatic rings. The summed E-state index contributed by atoms with van der Waals surface area (Å²) in [5.74, 6) is 0.817. The van der Waals surface area contributed by atoms with E-state index in [1.54, 1.807) is 12.1 Å². The molecule has 0 spiro atoms. The van der Waals surface area contributed by atoms with Gasteiger partial charge in [-0.15, -0.1) is 0 Å². The van der Waals surface area contributed by atoms with E-state index in [1.165, 1.54) is 13.2 Å². The predicted molar refractivity (Wildman–Crippen MR) is 81.8 cm³/mol. The van der Waals surface area contributed by atoms with Gasteiger partial charge in [0.15, 0.2) is 0 Å². The van der Waals surface area contributed by atoms with Crippen LogP contribution >= 0.6 is 0 Å². The Labute approximate surface area is 125 Å². The molecule has 2 rings (SSSR count). The highest BCUT2D eigenvalue weighted by atomic mass is 16.5. The summed E-state index contributed by atoms with van der Waals surface area (Å²) >= 11 is 0. The molecule has 116 valence electrons. The standard InChI is InChI=1S/C16H24N2O3/c1-3-18-8-6-12(7-9-18)11-17-16(20)14-10-13(21-2)4-5-15(14)19/h4-5,10,12,19H,3,6-9,11H2,1-2H3,(H,17,20). The van der Waals surface area contributed by atoms with Gasteiger partial charge in [0.05, 0.1) is 12.7 Å². The average Bonchev–Trinajstić information content (AvgIpc) is 2.53. The molecule has 2 N–H and O–H groups in total. The molecule has 0 atom stereocenters. The number of aromatic hydroxyl groups is 1. The highest BCUT2D eigenvalue weighted by Crippen LogP contribution is 2.23. The number of phenolic OH excluding ortho intramolecular Hbond substituents is 1. The van der Waals surface area contributed by atoms with Crippen molar-refractivity contribution in [1.82, 2.24) is 10.2 Å². The molecule has 1 fully saturated rings. The third-order valence-corrected chi connectivity index (χ3v) is 4.15. The molecule has 0 unspecified atom stereocenters. The molecule has 0 aromatic heterocycles. The Bertz CT molecular complexity index is 482. The molecule has 1 heterocycles. The van der Waals surface area contributed by atoms with Gasteiger partial charge in [-0.3, -0.25) is 4.79 Å². The number of piperidine rings is 1. The van der Waals surface area contributed by atoms with Gasteiger partial charge in [0.25, 0.3) is 5.91 Å². The van der Waals surface area contributed by atoms with E-state index in [0.717, 1.165) is 32.5 Å². The number of rotatable bonds is 5. The van der Waals surface area contributed by atoms with Crippen molar-refractivity contribution in [2.45, 2.75) is 19.8 Å². The summed E-state index contributed by atoms with van der Waals surface area (Å²) < 4.78 is 5.08. The molecule has 0 saturated carbocycles. The van der Waals surface area contributed by atoms with Crippen LogP contribution in [-0.4, -0.2) is 49.2 Å². The second-order valence-corrected chi connectivity index (χ2v) is 5.47. The molecule has 0 aliphatic carbocycles. The first-order valence-electron chi connectivity index (χ1n) is 7.51. The van der Waals surface area contributed by atoms with Crippen LogP contribution in [0.4, 0.5) is 0 Å². The zero-order valence-corrected chi connectivity index (χ0v) is 12.8. The van der Waals surface area contributed by atoms with Gasteiger partial charge in [-0.05, 0) is 56.6 Å². The van der Waals surface area contributed by atoms with E-state index < -0.39 is 0 Å². The largest absolute Gasteiger partial charge is 0.507 e. The van der Waals surface area contributed by atoms with Crippen LogP contribution in [0.2, 0.25) is 0 Å². The molecule has 1 aliphatic rings. The van der Waals surface area contributed by atoms with Crippen LogP contribution in [0.15, 0.2) is 18.2 Å². The quantitative estimate of drug-likeness (QED) is 0.869. The van der Waals surface area contributed by atoms with E-state index >= 15 is 0 Å². The first-order chi connectivity index (χ1) is 10.1. The van der Waals surface area contributed by atoms with Crippen LogP contribution in [-0.2, 0) is 0 Å². The summed E-state index contributed by atoms with van der Waals surface area (Å²) in [6.45, 7) is 6.13. The molecule has 1 saturated heterocycles. The number of phenols is 1. The van der Waals surface area contributed by atoms with Gasteiger partial charge in [-0.25, -0.2) is 0 Å². The fraction of sp³-hybridized carbons (Fsp3) is 0.562. The molecule has 1 aromatic carbocycles. The third-order valence-electron chi connectivity index (χ3n) is 4.15. The van der Waals surface area contributed by atoms with Crippen molar-refractivity contribution in [3.8, 4) is 11.5 Å².